The van der Waals surface area contributed by atoms with Gasteiger partial charge in [0.25, 0.3) is 5.69 Å². The molecule has 6 nitrogen and oxygen atoms in total. The molecule has 0 radical (unpaired) electrons. The van der Waals surface area contributed by atoms with Crippen LogP contribution in [0, 0.1) is 10.1 Å². The van der Waals surface area contributed by atoms with Crippen LogP contribution in [0.25, 0.3) is 0 Å². The topological polar surface area (TPSA) is 83.7 Å². The molecule has 0 aliphatic carbocycles. The van der Waals surface area contributed by atoms with Crippen molar-refractivity contribution in [1.82, 2.24) is 4.90 Å². The quantitative estimate of drug-likeness (QED) is 0.684. The summed E-state index contributed by atoms with van der Waals surface area (Å²) in [5.41, 5.74) is 0.496. The van der Waals surface area contributed by atoms with E-state index in [1.807, 2.05) is 0 Å². The molecule has 0 saturated carbocycles. The number of nitro benzene ring substituents is 1. The van der Waals surface area contributed by atoms with Gasteiger partial charge in [0, 0.05) is 23.7 Å². The van der Waals surface area contributed by atoms with Crippen molar-refractivity contribution in [2.75, 3.05) is 7.05 Å². The van der Waals surface area contributed by atoms with Crippen LogP contribution in [-0.4, -0.2) is 28.1 Å². The molecule has 0 bridgehead atoms. The van der Waals surface area contributed by atoms with Crippen LogP contribution in [0.5, 0.6) is 0 Å². The zero-order valence-corrected chi connectivity index (χ0v) is 9.97. The summed E-state index contributed by atoms with van der Waals surface area (Å²) in [7, 11) is 1.40. The SMILES string of the molecule is CN(Cc1cc([N+](=O)[O-])ccc1Br)C(=O)O. The van der Waals surface area contributed by atoms with E-state index in [4.69, 9.17) is 5.11 Å². The lowest BCUT2D eigenvalue weighted by atomic mass is 10.2. The van der Waals surface area contributed by atoms with Crippen molar-refractivity contribution >= 4 is 27.7 Å². The Morgan fingerprint density at radius 3 is 2.75 bits per heavy atom. The molecule has 0 aliphatic heterocycles. The van der Waals surface area contributed by atoms with E-state index >= 15 is 0 Å². The summed E-state index contributed by atoms with van der Waals surface area (Å²) < 4.78 is 0.645. The number of hydrogen-bond acceptors (Lipinski definition) is 3. The highest BCUT2D eigenvalue weighted by atomic mass is 79.9. The molecule has 1 aromatic rings. The van der Waals surface area contributed by atoms with Gasteiger partial charge < -0.3 is 10.0 Å². The third kappa shape index (κ3) is 2.93. The van der Waals surface area contributed by atoms with Crippen molar-refractivity contribution in [2.24, 2.45) is 0 Å². The smallest absolute Gasteiger partial charge is 0.407 e. The lowest BCUT2D eigenvalue weighted by Gasteiger charge is -2.13. The van der Waals surface area contributed by atoms with Gasteiger partial charge in [0.05, 0.1) is 11.5 Å². The van der Waals surface area contributed by atoms with E-state index in [2.05, 4.69) is 15.9 Å². The Labute approximate surface area is 99.8 Å². The van der Waals surface area contributed by atoms with E-state index in [0.29, 0.717) is 10.0 Å². The van der Waals surface area contributed by atoms with Gasteiger partial charge in [-0.2, -0.15) is 0 Å². The zero-order valence-electron chi connectivity index (χ0n) is 8.38. The summed E-state index contributed by atoms with van der Waals surface area (Å²) >= 11 is 3.21. The van der Waals surface area contributed by atoms with Gasteiger partial charge in [0.15, 0.2) is 0 Å². The molecule has 0 aliphatic rings. The molecule has 0 aromatic heterocycles. The highest BCUT2D eigenvalue weighted by molar-refractivity contribution is 9.10. The molecule has 0 unspecified atom stereocenters. The molecule has 1 N–H and O–H groups in total. The number of nitrogens with zero attached hydrogens (tertiary/aromatic N) is 2. The average Bonchev–Trinajstić information content (AvgIpc) is 2.20. The third-order valence-electron chi connectivity index (χ3n) is 1.97. The van der Waals surface area contributed by atoms with Crippen LogP contribution in [0.1, 0.15) is 5.56 Å². The fraction of sp³-hybridized carbons (Fsp3) is 0.222. The summed E-state index contributed by atoms with van der Waals surface area (Å²) in [5.74, 6) is 0. The molecule has 1 amide bonds. The zero-order chi connectivity index (χ0) is 12.3. The number of halogens is 1. The van der Waals surface area contributed by atoms with Gasteiger partial charge in [-0.3, -0.25) is 10.1 Å². The average molecular weight is 289 g/mol. The van der Waals surface area contributed by atoms with Gasteiger partial charge in [0.2, 0.25) is 0 Å². The summed E-state index contributed by atoms with van der Waals surface area (Å²) in [6, 6.07) is 4.24. The largest absolute Gasteiger partial charge is 0.465 e. The second kappa shape index (κ2) is 4.93. The monoisotopic (exact) mass is 288 g/mol. The Balaban J connectivity index is 2.98. The number of amides is 1. The predicted octanol–water partition coefficient (Wildman–Crippen LogP) is 2.47. The minimum Gasteiger partial charge on any atom is -0.465 e. The molecule has 1 rings (SSSR count). The Hall–Kier alpha value is -1.63. The van der Waals surface area contributed by atoms with Gasteiger partial charge in [-0.1, -0.05) is 15.9 Å². The fourth-order valence-electron chi connectivity index (χ4n) is 1.12. The molecule has 86 valence electrons. The van der Waals surface area contributed by atoms with Crippen LogP contribution in [0.15, 0.2) is 22.7 Å². The van der Waals surface area contributed by atoms with Crippen LogP contribution in [0.2, 0.25) is 0 Å². The second-order valence-electron chi connectivity index (χ2n) is 3.17. The molecule has 1 aromatic carbocycles. The van der Waals surface area contributed by atoms with Gasteiger partial charge in [-0.25, -0.2) is 4.79 Å². The van der Waals surface area contributed by atoms with Crippen molar-refractivity contribution in [3.8, 4) is 0 Å². The van der Waals surface area contributed by atoms with Gasteiger partial charge in [0.1, 0.15) is 0 Å². The number of nitro groups is 1. The normalized spacial score (nSPS) is 9.88. The summed E-state index contributed by atoms with van der Waals surface area (Å²) in [5, 5.41) is 19.2. The van der Waals surface area contributed by atoms with Gasteiger partial charge >= 0.3 is 6.09 Å². The molecule has 0 heterocycles. The Morgan fingerprint density at radius 1 is 1.62 bits per heavy atom. The maximum absolute atomic E-state index is 10.6. The lowest BCUT2D eigenvalue weighted by Crippen LogP contribution is -2.24. The van der Waals surface area contributed by atoms with E-state index in [0.717, 1.165) is 4.90 Å². The number of rotatable bonds is 3. The first kappa shape index (κ1) is 12.4. The Kier molecular flexibility index (Phi) is 3.83. The minimum atomic E-state index is -1.08. The molecule has 0 saturated heterocycles. The molecular formula is C9H9BrN2O4. The Morgan fingerprint density at radius 2 is 2.25 bits per heavy atom. The Bertz CT molecular complexity index is 436. The van der Waals surface area contributed by atoms with Crippen LogP contribution in [-0.2, 0) is 6.54 Å². The van der Waals surface area contributed by atoms with E-state index in [1.54, 1.807) is 0 Å². The maximum Gasteiger partial charge on any atom is 0.407 e. The first-order chi connectivity index (χ1) is 7.41. The van der Waals surface area contributed by atoms with Crippen LogP contribution in [0.4, 0.5) is 10.5 Å². The molecule has 7 heteroatoms. The molecule has 0 fully saturated rings. The summed E-state index contributed by atoms with van der Waals surface area (Å²) in [6.45, 7) is 0.0948. The summed E-state index contributed by atoms with van der Waals surface area (Å²) in [6.07, 6.45) is -1.08. The maximum atomic E-state index is 10.6. The standard InChI is InChI=1S/C9H9BrN2O4/c1-11(9(13)14)5-6-4-7(12(15)16)2-3-8(6)10/h2-4H,5H2,1H3,(H,13,14). The molecular weight excluding hydrogens is 280 g/mol. The van der Waals surface area contributed by atoms with E-state index in [1.165, 1.54) is 25.2 Å². The fourth-order valence-corrected chi connectivity index (χ4v) is 1.49. The second-order valence-corrected chi connectivity index (χ2v) is 4.03. The number of hydrogen-bond donors (Lipinski definition) is 1. The van der Waals surface area contributed by atoms with Crippen molar-refractivity contribution in [2.45, 2.75) is 6.54 Å². The van der Waals surface area contributed by atoms with Crippen molar-refractivity contribution in [3.05, 3.63) is 38.3 Å². The van der Waals surface area contributed by atoms with Crippen LogP contribution < -0.4 is 0 Å². The minimum absolute atomic E-state index is 0.0583. The van der Waals surface area contributed by atoms with E-state index < -0.39 is 11.0 Å². The first-order valence-corrected chi connectivity index (χ1v) is 5.08. The first-order valence-electron chi connectivity index (χ1n) is 4.28. The van der Waals surface area contributed by atoms with Gasteiger partial charge in [-0.15, -0.1) is 0 Å². The number of carbonyl (C=O) groups is 1. The van der Waals surface area contributed by atoms with Crippen molar-refractivity contribution in [1.29, 1.82) is 0 Å². The number of non-ortho nitro benzene ring substituents is 1. The number of carboxylic acid groups (broad SMARTS) is 1. The van der Waals surface area contributed by atoms with Crippen molar-refractivity contribution in [3.63, 3.8) is 0 Å². The lowest BCUT2D eigenvalue weighted by molar-refractivity contribution is -0.384. The molecule has 0 atom stereocenters. The highest BCUT2D eigenvalue weighted by Crippen LogP contribution is 2.23. The van der Waals surface area contributed by atoms with E-state index in [-0.39, 0.29) is 12.2 Å². The molecule has 16 heavy (non-hydrogen) atoms. The predicted molar refractivity (Wildman–Crippen MR) is 60.3 cm³/mol. The number of benzene rings is 1. The molecule has 0 spiro atoms. The van der Waals surface area contributed by atoms with E-state index in [9.17, 15) is 14.9 Å². The highest BCUT2D eigenvalue weighted by Gasteiger charge is 2.13. The van der Waals surface area contributed by atoms with Crippen LogP contribution in [0.3, 0.4) is 0 Å². The third-order valence-corrected chi connectivity index (χ3v) is 2.75. The van der Waals surface area contributed by atoms with Crippen LogP contribution >= 0.6 is 15.9 Å². The summed E-state index contributed by atoms with van der Waals surface area (Å²) in [4.78, 5) is 21.7. The van der Waals surface area contributed by atoms with Crippen molar-refractivity contribution < 1.29 is 14.8 Å². The van der Waals surface area contributed by atoms with Gasteiger partial charge in [-0.05, 0) is 11.6 Å².